The Morgan fingerprint density at radius 2 is 2.27 bits per heavy atom. The first kappa shape index (κ1) is 8.65. The summed E-state index contributed by atoms with van der Waals surface area (Å²) in [5.74, 6) is -0.424. The monoisotopic (exact) mass is 217 g/mol. The van der Waals surface area contributed by atoms with Crippen molar-refractivity contribution in [3.05, 3.63) is 27.7 Å². The fourth-order valence-corrected chi connectivity index (χ4v) is 1.38. The van der Waals surface area contributed by atoms with Crippen LogP contribution in [0.25, 0.3) is 0 Å². The Hall–Kier alpha value is -0.440. The number of aromatic nitrogens is 1. The largest absolute Gasteiger partial charge is 0.227 e. The first-order valence-corrected chi connectivity index (χ1v) is 4.26. The molecular formula is C8H9BrFN. The van der Waals surface area contributed by atoms with E-state index < -0.39 is 5.95 Å². The van der Waals surface area contributed by atoms with E-state index in [-0.39, 0.29) is 0 Å². The van der Waals surface area contributed by atoms with Crippen molar-refractivity contribution >= 4 is 15.9 Å². The SMILES string of the molecule is CCc1nc(F)c(Br)cc1C. The molecule has 0 spiro atoms. The Morgan fingerprint density at radius 1 is 1.64 bits per heavy atom. The molecule has 0 saturated carbocycles. The third-order valence-corrected chi connectivity index (χ3v) is 2.12. The Bertz CT molecular complexity index is 273. The summed E-state index contributed by atoms with van der Waals surface area (Å²) in [4.78, 5) is 3.78. The van der Waals surface area contributed by atoms with Gasteiger partial charge in [-0.05, 0) is 40.9 Å². The molecule has 0 atom stereocenters. The summed E-state index contributed by atoms with van der Waals surface area (Å²) in [6.07, 6.45) is 0.774. The van der Waals surface area contributed by atoms with Crippen LogP contribution in [0.1, 0.15) is 18.2 Å². The Labute approximate surface area is 73.8 Å². The quantitative estimate of drug-likeness (QED) is 0.660. The topological polar surface area (TPSA) is 12.9 Å². The van der Waals surface area contributed by atoms with Crippen molar-refractivity contribution in [2.45, 2.75) is 20.3 Å². The van der Waals surface area contributed by atoms with Crippen molar-refractivity contribution in [1.82, 2.24) is 4.98 Å². The van der Waals surface area contributed by atoms with E-state index in [4.69, 9.17) is 0 Å². The lowest BCUT2D eigenvalue weighted by Gasteiger charge is -2.02. The minimum Gasteiger partial charge on any atom is -0.224 e. The summed E-state index contributed by atoms with van der Waals surface area (Å²) < 4.78 is 13.2. The smallest absolute Gasteiger partial charge is 0.224 e. The number of aryl methyl sites for hydroxylation is 2. The molecular weight excluding hydrogens is 209 g/mol. The molecule has 0 aromatic carbocycles. The van der Waals surface area contributed by atoms with Gasteiger partial charge in [0.25, 0.3) is 0 Å². The van der Waals surface area contributed by atoms with E-state index in [2.05, 4.69) is 20.9 Å². The van der Waals surface area contributed by atoms with E-state index in [0.29, 0.717) is 4.47 Å². The molecule has 0 aliphatic rings. The third-order valence-electron chi connectivity index (χ3n) is 1.56. The number of hydrogen-bond donors (Lipinski definition) is 0. The maximum absolute atomic E-state index is 12.8. The molecule has 0 bridgehead atoms. The number of pyridine rings is 1. The number of hydrogen-bond acceptors (Lipinski definition) is 1. The summed E-state index contributed by atoms with van der Waals surface area (Å²) in [5.41, 5.74) is 1.85. The van der Waals surface area contributed by atoms with Crippen LogP contribution in [0.5, 0.6) is 0 Å². The molecule has 60 valence electrons. The van der Waals surface area contributed by atoms with Crippen LogP contribution in [0, 0.1) is 12.9 Å². The first-order valence-electron chi connectivity index (χ1n) is 3.46. The lowest BCUT2D eigenvalue weighted by molar-refractivity contribution is 0.569. The molecule has 0 N–H and O–H groups in total. The highest BCUT2D eigenvalue weighted by atomic mass is 79.9. The van der Waals surface area contributed by atoms with Gasteiger partial charge < -0.3 is 0 Å². The summed E-state index contributed by atoms with van der Waals surface area (Å²) in [6.45, 7) is 3.89. The van der Waals surface area contributed by atoms with Crippen LogP contribution in [0.2, 0.25) is 0 Å². The maximum Gasteiger partial charge on any atom is 0.227 e. The molecule has 0 saturated heterocycles. The molecule has 0 unspecified atom stereocenters. The summed E-state index contributed by atoms with van der Waals surface area (Å²) in [5, 5.41) is 0. The molecule has 0 radical (unpaired) electrons. The predicted octanol–water partition coefficient (Wildman–Crippen LogP) is 2.85. The fraction of sp³-hybridized carbons (Fsp3) is 0.375. The normalized spacial score (nSPS) is 10.2. The van der Waals surface area contributed by atoms with Crippen LogP contribution in [0.3, 0.4) is 0 Å². The standard InChI is InChI=1S/C8H9BrFN/c1-3-7-5(2)4-6(9)8(10)11-7/h4H,3H2,1-2H3. The van der Waals surface area contributed by atoms with Gasteiger partial charge in [0.15, 0.2) is 0 Å². The molecule has 0 fully saturated rings. The molecule has 1 heterocycles. The number of halogens is 2. The van der Waals surface area contributed by atoms with Gasteiger partial charge in [0.05, 0.1) is 4.47 Å². The maximum atomic E-state index is 12.8. The van der Waals surface area contributed by atoms with Crippen molar-refractivity contribution in [2.75, 3.05) is 0 Å². The van der Waals surface area contributed by atoms with Gasteiger partial charge in [-0.3, -0.25) is 0 Å². The molecule has 0 aliphatic carbocycles. The molecule has 0 amide bonds. The highest BCUT2D eigenvalue weighted by molar-refractivity contribution is 9.10. The first-order chi connectivity index (χ1) is 5.15. The van der Waals surface area contributed by atoms with E-state index in [1.807, 2.05) is 13.8 Å². The zero-order chi connectivity index (χ0) is 8.43. The molecule has 1 nitrogen and oxygen atoms in total. The Kier molecular flexibility index (Phi) is 2.60. The number of nitrogens with zero attached hydrogens (tertiary/aromatic N) is 1. The number of rotatable bonds is 1. The van der Waals surface area contributed by atoms with Gasteiger partial charge >= 0.3 is 0 Å². The molecule has 1 aromatic heterocycles. The summed E-state index contributed by atoms with van der Waals surface area (Å²) in [7, 11) is 0. The zero-order valence-corrected chi connectivity index (χ0v) is 8.07. The molecule has 11 heavy (non-hydrogen) atoms. The molecule has 3 heteroatoms. The Balaban J connectivity index is 3.21. The minimum absolute atomic E-state index is 0.424. The lowest BCUT2D eigenvalue weighted by atomic mass is 10.2. The van der Waals surface area contributed by atoms with Crippen molar-refractivity contribution in [3.63, 3.8) is 0 Å². The zero-order valence-electron chi connectivity index (χ0n) is 6.49. The van der Waals surface area contributed by atoms with E-state index in [1.165, 1.54) is 0 Å². The fourth-order valence-electron chi connectivity index (χ4n) is 0.951. The molecule has 1 aromatic rings. The Morgan fingerprint density at radius 3 is 2.82 bits per heavy atom. The van der Waals surface area contributed by atoms with Crippen LogP contribution in [-0.4, -0.2) is 4.98 Å². The van der Waals surface area contributed by atoms with Crippen molar-refractivity contribution < 1.29 is 4.39 Å². The second-order valence-corrected chi connectivity index (χ2v) is 3.23. The molecule has 0 aliphatic heterocycles. The van der Waals surface area contributed by atoms with Crippen LogP contribution in [0.15, 0.2) is 10.5 Å². The second-order valence-electron chi connectivity index (χ2n) is 2.38. The molecule has 1 rings (SSSR count). The van der Waals surface area contributed by atoms with Gasteiger partial charge in [0.1, 0.15) is 0 Å². The van der Waals surface area contributed by atoms with Crippen LogP contribution in [-0.2, 0) is 6.42 Å². The van der Waals surface area contributed by atoms with Crippen LogP contribution in [0.4, 0.5) is 4.39 Å². The highest BCUT2D eigenvalue weighted by Gasteiger charge is 2.04. The van der Waals surface area contributed by atoms with Gasteiger partial charge in [-0.2, -0.15) is 4.39 Å². The van der Waals surface area contributed by atoms with Gasteiger partial charge in [-0.1, -0.05) is 6.92 Å². The van der Waals surface area contributed by atoms with Gasteiger partial charge in [-0.25, -0.2) is 4.98 Å². The van der Waals surface area contributed by atoms with Crippen LogP contribution >= 0.6 is 15.9 Å². The lowest BCUT2D eigenvalue weighted by Crippen LogP contribution is -1.95. The van der Waals surface area contributed by atoms with E-state index in [9.17, 15) is 4.39 Å². The van der Waals surface area contributed by atoms with Gasteiger partial charge in [0.2, 0.25) is 5.95 Å². The summed E-state index contributed by atoms with van der Waals surface area (Å²) in [6, 6.07) is 1.75. The van der Waals surface area contributed by atoms with Crippen molar-refractivity contribution in [1.29, 1.82) is 0 Å². The predicted molar refractivity (Wildman–Crippen MR) is 46.0 cm³/mol. The highest BCUT2D eigenvalue weighted by Crippen LogP contribution is 2.17. The van der Waals surface area contributed by atoms with Gasteiger partial charge in [-0.15, -0.1) is 0 Å². The van der Waals surface area contributed by atoms with Gasteiger partial charge in [0, 0.05) is 5.69 Å². The summed E-state index contributed by atoms with van der Waals surface area (Å²) >= 11 is 3.07. The van der Waals surface area contributed by atoms with Crippen molar-refractivity contribution in [3.8, 4) is 0 Å². The van der Waals surface area contributed by atoms with E-state index >= 15 is 0 Å². The minimum atomic E-state index is -0.424. The van der Waals surface area contributed by atoms with E-state index in [0.717, 1.165) is 17.7 Å². The van der Waals surface area contributed by atoms with E-state index in [1.54, 1.807) is 6.07 Å². The van der Waals surface area contributed by atoms with Crippen LogP contribution < -0.4 is 0 Å². The third kappa shape index (κ3) is 1.77. The second kappa shape index (κ2) is 3.30. The average molecular weight is 218 g/mol. The average Bonchev–Trinajstić information content (AvgIpc) is 1.97. The van der Waals surface area contributed by atoms with Crippen molar-refractivity contribution in [2.24, 2.45) is 0 Å².